The van der Waals surface area contributed by atoms with E-state index in [1.165, 1.54) is 11.3 Å². The quantitative estimate of drug-likeness (QED) is 0.533. The number of aromatic nitrogens is 1. The highest BCUT2D eigenvalue weighted by atomic mass is 32.1. The fourth-order valence-electron chi connectivity index (χ4n) is 3.34. The zero-order chi connectivity index (χ0) is 19.9. The number of urea groups is 1. The van der Waals surface area contributed by atoms with E-state index >= 15 is 0 Å². The topological polar surface area (TPSA) is 97.4 Å². The van der Waals surface area contributed by atoms with Crippen LogP contribution in [0, 0.1) is 5.92 Å². The Labute approximate surface area is 167 Å². The lowest BCUT2D eigenvalue weighted by Crippen LogP contribution is -2.22. The van der Waals surface area contributed by atoms with Crippen LogP contribution < -0.4 is 10.6 Å². The first-order chi connectivity index (χ1) is 13.6. The van der Waals surface area contributed by atoms with Crippen LogP contribution in [-0.2, 0) is 16.0 Å². The van der Waals surface area contributed by atoms with E-state index in [1.807, 2.05) is 0 Å². The number of anilines is 2. The van der Waals surface area contributed by atoms with Crippen LogP contribution in [0.25, 0.3) is 0 Å². The number of amides is 2. The van der Waals surface area contributed by atoms with Crippen LogP contribution >= 0.6 is 11.3 Å². The second kappa shape index (κ2) is 9.45. The van der Waals surface area contributed by atoms with Crippen LogP contribution in [0.5, 0.6) is 0 Å². The molecule has 1 aliphatic rings. The van der Waals surface area contributed by atoms with Gasteiger partial charge in [0.2, 0.25) is 0 Å². The molecule has 2 amide bonds. The van der Waals surface area contributed by atoms with Crippen LogP contribution in [0.15, 0.2) is 29.8 Å². The van der Waals surface area contributed by atoms with Crippen LogP contribution in [0.2, 0.25) is 0 Å². The Kier molecular flexibility index (Phi) is 6.76. The average molecular weight is 401 g/mol. The second-order valence-electron chi connectivity index (χ2n) is 6.62. The zero-order valence-corrected chi connectivity index (χ0v) is 16.5. The number of hydrogen-bond acceptors (Lipinski definition) is 6. The molecule has 28 heavy (non-hydrogen) atoms. The van der Waals surface area contributed by atoms with Gasteiger partial charge in [-0.25, -0.2) is 9.78 Å². The molecule has 0 atom stereocenters. The smallest absolute Gasteiger partial charge is 0.325 e. The monoisotopic (exact) mass is 401 g/mol. The number of carbonyl (C=O) groups excluding carboxylic acids is 3. The lowest BCUT2D eigenvalue weighted by atomic mass is 9.93. The van der Waals surface area contributed by atoms with E-state index in [4.69, 9.17) is 4.74 Å². The largest absolute Gasteiger partial charge is 0.466 e. The molecule has 2 aromatic rings. The van der Waals surface area contributed by atoms with E-state index in [2.05, 4.69) is 15.6 Å². The number of ether oxygens (including phenoxy) is 1. The number of nitrogens with one attached hydrogen (secondary N) is 2. The summed E-state index contributed by atoms with van der Waals surface area (Å²) in [7, 11) is 0. The molecule has 0 unspecified atom stereocenters. The number of Topliss-reactive ketones (excluding diaryl/α,β-unsaturated/α-hetero) is 1. The molecule has 1 saturated carbocycles. The molecule has 3 rings (SSSR count). The third-order valence-electron chi connectivity index (χ3n) is 4.63. The summed E-state index contributed by atoms with van der Waals surface area (Å²) >= 11 is 1.31. The number of hydrogen-bond donors (Lipinski definition) is 2. The lowest BCUT2D eigenvalue weighted by Gasteiger charge is -2.15. The van der Waals surface area contributed by atoms with Gasteiger partial charge in [-0.3, -0.25) is 14.9 Å². The molecule has 1 aromatic heterocycles. The molecule has 7 nitrogen and oxygen atoms in total. The SMILES string of the molecule is CCOC(=O)Cc1ccc(NC(=O)Nc2nccs2)c(C(=O)C2CCCC2)c1. The molecule has 148 valence electrons. The normalized spacial score (nSPS) is 13.9. The van der Waals surface area contributed by atoms with Crippen molar-refractivity contribution < 1.29 is 19.1 Å². The van der Waals surface area contributed by atoms with Crippen molar-refractivity contribution in [3.63, 3.8) is 0 Å². The van der Waals surface area contributed by atoms with E-state index in [1.54, 1.807) is 36.7 Å². The van der Waals surface area contributed by atoms with Crippen LogP contribution in [0.3, 0.4) is 0 Å². The molecule has 8 heteroatoms. The van der Waals surface area contributed by atoms with E-state index < -0.39 is 6.03 Å². The molecule has 0 bridgehead atoms. The van der Waals surface area contributed by atoms with Gasteiger partial charge in [-0.15, -0.1) is 11.3 Å². The summed E-state index contributed by atoms with van der Waals surface area (Å²) in [6.07, 6.45) is 5.46. The third kappa shape index (κ3) is 5.16. The van der Waals surface area contributed by atoms with Crippen molar-refractivity contribution in [2.75, 3.05) is 17.2 Å². The summed E-state index contributed by atoms with van der Waals surface area (Å²) < 4.78 is 4.99. The van der Waals surface area contributed by atoms with Gasteiger partial charge in [-0.05, 0) is 37.5 Å². The van der Waals surface area contributed by atoms with Crippen LogP contribution in [0.4, 0.5) is 15.6 Å². The average Bonchev–Trinajstić information content (AvgIpc) is 3.36. The third-order valence-corrected chi connectivity index (χ3v) is 5.32. The first kappa shape index (κ1) is 20.0. The summed E-state index contributed by atoms with van der Waals surface area (Å²) in [5, 5.41) is 7.61. The highest BCUT2D eigenvalue weighted by Crippen LogP contribution is 2.31. The summed E-state index contributed by atoms with van der Waals surface area (Å²) in [6.45, 7) is 2.06. The Morgan fingerprint density at radius 3 is 2.68 bits per heavy atom. The van der Waals surface area contributed by atoms with Gasteiger partial charge in [0.15, 0.2) is 10.9 Å². The van der Waals surface area contributed by atoms with Gasteiger partial charge in [0.25, 0.3) is 0 Å². The van der Waals surface area contributed by atoms with Crippen molar-refractivity contribution >= 4 is 39.9 Å². The molecule has 0 radical (unpaired) electrons. The predicted molar refractivity (Wildman–Crippen MR) is 108 cm³/mol. The lowest BCUT2D eigenvalue weighted by molar-refractivity contribution is -0.142. The van der Waals surface area contributed by atoms with Crippen molar-refractivity contribution in [1.82, 2.24) is 4.98 Å². The number of nitrogens with zero attached hydrogens (tertiary/aromatic N) is 1. The number of ketones is 1. The molecule has 2 N–H and O–H groups in total. The maximum Gasteiger partial charge on any atom is 0.325 e. The van der Waals surface area contributed by atoms with E-state index in [-0.39, 0.29) is 24.1 Å². The number of rotatable bonds is 7. The summed E-state index contributed by atoms with van der Waals surface area (Å²) in [5.74, 6) is -0.378. The van der Waals surface area contributed by atoms with E-state index in [0.717, 1.165) is 25.7 Å². The molecule has 1 aromatic carbocycles. The molecule has 1 heterocycles. The van der Waals surface area contributed by atoms with Crippen molar-refractivity contribution in [1.29, 1.82) is 0 Å². The Hall–Kier alpha value is -2.74. The molecule has 1 aliphatic carbocycles. The summed E-state index contributed by atoms with van der Waals surface area (Å²) in [4.78, 5) is 41.1. The Bertz CT molecular complexity index is 845. The van der Waals surface area contributed by atoms with Gasteiger partial charge < -0.3 is 10.1 Å². The minimum Gasteiger partial charge on any atom is -0.466 e. The minimum atomic E-state index is -0.464. The Balaban J connectivity index is 1.81. The Morgan fingerprint density at radius 2 is 2.00 bits per heavy atom. The maximum atomic E-state index is 13.0. The maximum absolute atomic E-state index is 13.0. The molecule has 0 spiro atoms. The molecular formula is C20H23N3O4S. The van der Waals surface area contributed by atoms with Gasteiger partial charge in [0.05, 0.1) is 18.7 Å². The molecule has 0 saturated heterocycles. The number of thiazole rings is 1. The van der Waals surface area contributed by atoms with Crippen LogP contribution in [0.1, 0.15) is 48.5 Å². The number of esters is 1. The molecular weight excluding hydrogens is 378 g/mol. The standard InChI is InChI=1S/C20H23N3O4S/c1-2-27-17(24)12-13-7-8-16(22-19(26)23-20-21-9-10-28-20)15(11-13)18(25)14-5-3-4-6-14/h7-11,14H,2-6,12H2,1H3,(H2,21,22,23,26). The number of benzene rings is 1. The second-order valence-corrected chi connectivity index (χ2v) is 7.52. The Morgan fingerprint density at radius 1 is 1.21 bits per heavy atom. The first-order valence-corrected chi connectivity index (χ1v) is 10.2. The highest BCUT2D eigenvalue weighted by Gasteiger charge is 2.26. The van der Waals surface area contributed by atoms with Crippen molar-refractivity contribution in [2.24, 2.45) is 5.92 Å². The molecule has 1 fully saturated rings. The van der Waals surface area contributed by atoms with Crippen molar-refractivity contribution in [3.8, 4) is 0 Å². The van der Waals surface area contributed by atoms with E-state index in [9.17, 15) is 14.4 Å². The fraction of sp³-hybridized carbons (Fsp3) is 0.400. The van der Waals surface area contributed by atoms with Gasteiger partial charge in [0, 0.05) is 23.1 Å². The van der Waals surface area contributed by atoms with Crippen molar-refractivity contribution in [3.05, 3.63) is 40.9 Å². The van der Waals surface area contributed by atoms with E-state index in [0.29, 0.717) is 28.6 Å². The van der Waals surface area contributed by atoms with Gasteiger partial charge in [-0.1, -0.05) is 18.9 Å². The van der Waals surface area contributed by atoms with Gasteiger partial charge >= 0.3 is 12.0 Å². The van der Waals surface area contributed by atoms with Crippen LogP contribution in [-0.4, -0.2) is 29.4 Å². The highest BCUT2D eigenvalue weighted by molar-refractivity contribution is 7.13. The first-order valence-electron chi connectivity index (χ1n) is 9.37. The summed E-state index contributed by atoms with van der Waals surface area (Å²) in [6, 6.07) is 4.62. The zero-order valence-electron chi connectivity index (χ0n) is 15.7. The van der Waals surface area contributed by atoms with Gasteiger partial charge in [-0.2, -0.15) is 0 Å². The number of carbonyl (C=O) groups is 3. The predicted octanol–water partition coefficient (Wildman–Crippen LogP) is 4.27. The molecule has 0 aliphatic heterocycles. The summed E-state index contributed by atoms with van der Waals surface area (Å²) in [5.41, 5.74) is 1.55. The minimum absolute atomic E-state index is 0.00718. The fourth-order valence-corrected chi connectivity index (χ4v) is 3.86. The van der Waals surface area contributed by atoms with Crippen molar-refractivity contribution in [2.45, 2.75) is 39.0 Å². The van der Waals surface area contributed by atoms with Gasteiger partial charge in [0.1, 0.15) is 0 Å².